The Balaban J connectivity index is 2.18. The van der Waals surface area contributed by atoms with E-state index in [1.165, 1.54) is 6.42 Å². The summed E-state index contributed by atoms with van der Waals surface area (Å²) in [6.45, 7) is 4.27. The molecule has 1 fully saturated rings. The molecule has 0 saturated carbocycles. The van der Waals surface area contributed by atoms with Crippen LogP contribution in [0.25, 0.3) is 0 Å². The molecule has 0 bridgehead atoms. The molecule has 1 atom stereocenters. The van der Waals surface area contributed by atoms with Crippen molar-refractivity contribution in [1.82, 2.24) is 9.88 Å². The fourth-order valence-electron chi connectivity index (χ4n) is 2.09. The molecule has 3 nitrogen and oxygen atoms in total. The van der Waals surface area contributed by atoms with Gasteiger partial charge in [-0.25, -0.2) is 4.98 Å². The lowest BCUT2D eigenvalue weighted by Crippen LogP contribution is -2.37. The minimum absolute atomic E-state index is 0.177. The van der Waals surface area contributed by atoms with Crippen molar-refractivity contribution in [2.24, 2.45) is 5.73 Å². The van der Waals surface area contributed by atoms with Gasteiger partial charge < -0.3 is 10.6 Å². The molecule has 1 aromatic heterocycles. The van der Waals surface area contributed by atoms with Crippen molar-refractivity contribution in [1.29, 1.82) is 0 Å². The quantitative estimate of drug-likeness (QED) is 0.791. The van der Waals surface area contributed by atoms with Gasteiger partial charge in [-0.1, -0.05) is 0 Å². The molecule has 0 amide bonds. The molecule has 1 saturated heterocycles. The molecular formula is C11H19N3S. The summed E-state index contributed by atoms with van der Waals surface area (Å²) in [4.78, 5) is 6.90. The summed E-state index contributed by atoms with van der Waals surface area (Å²) in [6.07, 6.45) is 3.26. The molecule has 15 heavy (non-hydrogen) atoms. The number of nitrogens with two attached hydrogens (primary N) is 1. The summed E-state index contributed by atoms with van der Waals surface area (Å²) in [5.74, 6) is 0. The van der Waals surface area contributed by atoms with E-state index in [9.17, 15) is 0 Å². The van der Waals surface area contributed by atoms with Gasteiger partial charge in [0, 0.05) is 11.1 Å². The zero-order valence-electron chi connectivity index (χ0n) is 9.49. The molecule has 2 N–H and O–H groups in total. The predicted molar refractivity (Wildman–Crippen MR) is 64.1 cm³/mol. The molecule has 2 heterocycles. The van der Waals surface area contributed by atoms with E-state index in [-0.39, 0.29) is 5.54 Å². The number of aryl methyl sites for hydroxylation is 1. The Kier molecular flexibility index (Phi) is 3.09. The highest BCUT2D eigenvalue weighted by Crippen LogP contribution is 2.31. The molecule has 1 aliphatic heterocycles. The Morgan fingerprint density at radius 3 is 2.93 bits per heavy atom. The van der Waals surface area contributed by atoms with Crippen LogP contribution < -0.4 is 5.73 Å². The summed E-state index contributed by atoms with van der Waals surface area (Å²) in [6, 6.07) is 0. The van der Waals surface area contributed by atoms with Crippen LogP contribution in [-0.4, -0.2) is 30.0 Å². The lowest BCUT2D eigenvalue weighted by atomic mass is 9.93. The highest BCUT2D eigenvalue weighted by Gasteiger charge is 2.32. The summed E-state index contributed by atoms with van der Waals surface area (Å²) in [7, 11) is 2.17. The van der Waals surface area contributed by atoms with Gasteiger partial charge in [-0.3, -0.25) is 0 Å². The Morgan fingerprint density at radius 1 is 1.47 bits per heavy atom. The van der Waals surface area contributed by atoms with Crippen LogP contribution in [0.15, 0.2) is 5.38 Å². The number of nitrogens with zero attached hydrogens (tertiary/aromatic N) is 2. The topological polar surface area (TPSA) is 42.1 Å². The number of aromatic nitrogens is 1. The van der Waals surface area contributed by atoms with E-state index in [0.29, 0.717) is 0 Å². The van der Waals surface area contributed by atoms with Crippen LogP contribution in [-0.2, 0) is 5.54 Å². The molecule has 0 aromatic carbocycles. The summed E-state index contributed by atoms with van der Waals surface area (Å²) < 4.78 is 0. The molecule has 4 heteroatoms. The van der Waals surface area contributed by atoms with Crippen LogP contribution in [0.4, 0.5) is 0 Å². The summed E-state index contributed by atoms with van der Waals surface area (Å²) >= 11 is 1.71. The normalized spacial score (nSPS) is 29.0. The third-order valence-electron chi connectivity index (χ3n) is 3.15. The van der Waals surface area contributed by atoms with Crippen molar-refractivity contribution >= 4 is 11.3 Å². The van der Waals surface area contributed by atoms with E-state index in [4.69, 9.17) is 5.73 Å². The van der Waals surface area contributed by atoms with E-state index in [1.807, 2.05) is 6.92 Å². The average molecular weight is 225 g/mol. The van der Waals surface area contributed by atoms with E-state index in [1.54, 1.807) is 11.3 Å². The highest BCUT2D eigenvalue weighted by molar-refractivity contribution is 7.09. The van der Waals surface area contributed by atoms with Gasteiger partial charge in [0.25, 0.3) is 0 Å². The monoisotopic (exact) mass is 225 g/mol. The van der Waals surface area contributed by atoms with Crippen LogP contribution in [0.3, 0.4) is 0 Å². The van der Waals surface area contributed by atoms with Gasteiger partial charge >= 0.3 is 0 Å². The first kappa shape index (κ1) is 11.0. The second kappa shape index (κ2) is 4.20. The summed E-state index contributed by atoms with van der Waals surface area (Å²) in [5.41, 5.74) is 7.40. The van der Waals surface area contributed by atoms with Gasteiger partial charge in [-0.2, -0.15) is 0 Å². The second-order valence-electron chi connectivity index (χ2n) is 4.61. The Hall–Kier alpha value is -0.450. The zero-order valence-corrected chi connectivity index (χ0v) is 10.3. The maximum absolute atomic E-state index is 6.48. The number of thiazole rings is 1. The maximum Gasteiger partial charge on any atom is 0.113 e. The SMILES string of the molecule is Cc1csc(C2(N)CCCN(C)CC2)n1. The molecule has 1 unspecified atom stereocenters. The first-order valence-corrected chi connectivity index (χ1v) is 6.38. The fraction of sp³-hybridized carbons (Fsp3) is 0.727. The van der Waals surface area contributed by atoms with Crippen molar-refractivity contribution in [3.8, 4) is 0 Å². The number of rotatable bonds is 1. The number of hydrogen-bond acceptors (Lipinski definition) is 4. The first-order chi connectivity index (χ1) is 7.10. The van der Waals surface area contributed by atoms with E-state index in [2.05, 4.69) is 22.3 Å². The highest BCUT2D eigenvalue weighted by atomic mass is 32.1. The lowest BCUT2D eigenvalue weighted by molar-refractivity contribution is 0.329. The smallest absolute Gasteiger partial charge is 0.113 e. The van der Waals surface area contributed by atoms with Gasteiger partial charge in [0.1, 0.15) is 5.01 Å². The van der Waals surface area contributed by atoms with Gasteiger partial charge in [0.05, 0.1) is 5.54 Å². The van der Waals surface area contributed by atoms with Gasteiger partial charge in [0.2, 0.25) is 0 Å². The van der Waals surface area contributed by atoms with E-state index < -0.39 is 0 Å². The van der Waals surface area contributed by atoms with Gasteiger partial charge in [-0.05, 0) is 46.3 Å². The van der Waals surface area contributed by atoms with E-state index >= 15 is 0 Å². The third kappa shape index (κ3) is 2.38. The van der Waals surface area contributed by atoms with Gasteiger partial charge in [0.15, 0.2) is 0 Å². The summed E-state index contributed by atoms with van der Waals surface area (Å²) in [5, 5.41) is 3.22. The third-order valence-corrected chi connectivity index (χ3v) is 4.33. The Bertz CT molecular complexity index is 336. The number of hydrogen-bond donors (Lipinski definition) is 1. The molecule has 1 aromatic rings. The first-order valence-electron chi connectivity index (χ1n) is 5.50. The Morgan fingerprint density at radius 2 is 2.27 bits per heavy atom. The van der Waals surface area contributed by atoms with Crippen LogP contribution >= 0.6 is 11.3 Å². The van der Waals surface area contributed by atoms with Crippen molar-refractivity contribution in [2.45, 2.75) is 31.7 Å². The largest absolute Gasteiger partial charge is 0.319 e. The van der Waals surface area contributed by atoms with Crippen LogP contribution in [0.1, 0.15) is 30.0 Å². The Labute approximate surface area is 95.3 Å². The van der Waals surface area contributed by atoms with Crippen LogP contribution in [0, 0.1) is 6.92 Å². The van der Waals surface area contributed by atoms with Crippen LogP contribution in [0.5, 0.6) is 0 Å². The van der Waals surface area contributed by atoms with Crippen molar-refractivity contribution in [3.05, 3.63) is 16.1 Å². The van der Waals surface area contributed by atoms with Crippen LogP contribution in [0.2, 0.25) is 0 Å². The maximum atomic E-state index is 6.48. The van der Waals surface area contributed by atoms with Crippen molar-refractivity contribution in [3.63, 3.8) is 0 Å². The second-order valence-corrected chi connectivity index (χ2v) is 5.47. The number of likely N-dealkylation sites (tertiary alicyclic amines) is 1. The molecule has 0 spiro atoms. The van der Waals surface area contributed by atoms with Crippen molar-refractivity contribution in [2.75, 3.05) is 20.1 Å². The molecule has 84 valence electrons. The van der Waals surface area contributed by atoms with Crippen molar-refractivity contribution < 1.29 is 0 Å². The fourth-order valence-corrected chi connectivity index (χ4v) is 3.06. The molecule has 1 aliphatic rings. The molecule has 2 rings (SSSR count). The average Bonchev–Trinajstić information content (AvgIpc) is 2.55. The molecule has 0 radical (unpaired) electrons. The molecular weight excluding hydrogens is 206 g/mol. The standard InChI is InChI=1S/C11H19N3S/c1-9-8-15-10(13-9)11(12)4-3-6-14(2)7-5-11/h8H,3-7,12H2,1-2H3. The zero-order chi connectivity index (χ0) is 10.9. The minimum Gasteiger partial charge on any atom is -0.319 e. The molecule has 0 aliphatic carbocycles. The minimum atomic E-state index is -0.177. The predicted octanol–water partition coefficient (Wildman–Crippen LogP) is 1.72. The van der Waals surface area contributed by atoms with E-state index in [0.717, 1.165) is 36.6 Å². The lowest BCUT2D eigenvalue weighted by Gasteiger charge is -2.25. The van der Waals surface area contributed by atoms with Gasteiger partial charge in [-0.15, -0.1) is 11.3 Å².